The third kappa shape index (κ3) is 6.12. The fourth-order valence-electron chi connectivity index (χ4n) is 7.89. The van der Waals surface area contributed by atoms with Gasteiger partial charge in [0, 0.05) is 56.8 Å². The summed E-state index contributed by atoms with van der Waals surface area (Å²) in [6, 6.07) is 20.2. The minimum absolute atomic E-state index is 0.00266. The van der Waals surface area contributed by atoms with Crippen LogP contribution in [0, 0.1) is 29.1 Å². The maximum Gasteiger partial charge on any atom is 0.305 e. The smallest absolute Gasteiger partial charge is 0.305 e. The van der Waals surface area contributed by atoms with E-state index in [0.717, 1.165) is 76.1 Å². The molecule has 3 atom stereocenters. The molecule has 2 aromatic carbocycles. The van der Waals surface area contributed by atoms with Crippen molar-refractivity contribution in [1.29, 1.82) is 5.26 Å². The quantitative estimate of drug-likeness (QED) is 0.289. The van der Waals surface area contributed by atoms with Crippen molar-refractivity contribution < 1.29 is 17.9 Å². The number of sulfone groups is 1. The van der Waals surface area contributed by atoms with Gasteiger partial charge in [0.1, 0.15) is 11.0 Å². The molecule has 9 nitrogen and oxygen atoms in total. The number of nitriles is 1. The lowest BCUT2D eigenvalue weighted by Gasteiger charge is -2.48. The van der Waals surface area contributed by atoms with Gasteiger partial charge in [0.05, 0.1) is 22.6 Å². The van der Waals surface area contributed by atoms with E-state index in [1.165, 1.54) is 17.1 Å². The second-order valence-electron chi connectivity index (χ2n) is 13.0. The van der Waals surface area contributed by atoms with Crippen LogP contribution in [0.2, 0.25) is 0 Å². The topological polar surface area (TPSA) is 109 Å². The van der Waals surface area contributed by atoms with Crippen LogP contribution in [0.5, 0.6) is 0 Å². The molecule has 0 bridgehead atoms. The van der Waals surface area contributed by atoms with E-state index >= 15 is 0 Å². The number of hydrogen-bond acceptors (Lipinski definition) is 8. The van der Waals surface area contributed by atoms with Gasteiger partial charge in [0.15, 0.2) is 0 Å². The van der Waals surface area contributed by atoms with Crippen molar-refractivity contribution in [3.8, 4) is 6.07 Å². The van der Waals surface area contributed by atoms with Crippen LogP contribution in [0.15, 0.2) is 76.8 Å². The number of ether oxygens (including phenoxy) is 1. The number of aromatic nitrogens is 2. The van der Waals surface area contributed by atoms with Crippen LogP contribution in [-0.4, -0.2) is 67.9 Å². The first kappa shape index (κ1) is 31.3. The maximum atomic E-state index is 12.9. The number of carbonyl (C=O) groups is 1. The van der Waals surface area contributed by atoms with Gasteiger partial charge in [0.25, 0.3) is 0 Å². The standard InChI is InChI=1S/C35H43N5O4S/c1-3-34(41)44-33-11-7-10-32(33)35(25-36,27-8-5-4-6-9-27)28-16-18-39(19-17-28)21-26-22-40(23-26)29-12-14-30(15-13-29)45(42,43)31-20-37-38(2)24-31/h4-6,8-9,12-15,20,24,26,28,32-33H,3,7,10-11,16-19,21-23H2,1-2H3/t32-,33-,35?/m1/s1. The molecule has 3 heterocycles. The molecular formula is C35H43N5O4S. The first-order chi connectivity index (χ1) is 21.7. The number of carbonyl (C=O) groups excluding carboxylic acids is 1. The number of nitrogens with zero attached hydrogens (tertiary/aromatic N) is 5. The highest BCUT2D eigenvalue weighted by Crippen LogP contribution is 2.51. The summed E-state index contributed by atoms with van der Waals surface area (Å²) in [4.78, 5) is 17.6. The van der Waals surface area contributed by atoms with Crippen LogP contribution >= 0.6 is 0 Å². The Hall–Kier alpha value is -3.68. The van der Waals surface area contributed by atoms with E-state index in [9.17, 15) is 18.5 Å². The number of esters is 1. The number of benzene rings is 2. The van der Waals surface area contributed by atoms with E-state index in [1.54, 1.807) is 19.2 Å². The Kier molecular flexibility index (Phi) is 9.03. The molecule has 3 aromatic rings. The molecule has 238 valence electrons. The van der Waals surface area contributed by atoms with Crippen LogP contribution in [0.4, 0.5) is 5.69 Å². The predicted octanol–water partition coefficient (Wildman–Crippen LogP) is 4.98. The van der Waals surface area contributed by atoms with Gasteiger partial charge in [0.2, 0.25) is 9.84 Å². The Bertz CT molecular complexity index is 1620. The Morgan fingerprint density at radius 3 is 2.36 bits per heavy atom. The molecule has 0 radical (unpaired) electrons. The minimum Gasteiger partial charge on any atom is -0.462 e. The van der Waals surface area contributed by atoms with E-state index in [1.807, 2.05) is 37.3 Å². The van der Waals surface area contributed by atoms with Crippen molar-refractivity contribution in [1.82, 2.24) is 14.7 Å². The summed E-state index contributed by atoms with van der Waals surface area (Å²) in [6.07, 6.45) is 7.62. The lowest BCUT2D eigenvalue weighted by atomic mass is 9.59. The summed E-state index contributed by atoms with van der Waals surface area (Å²) in [7, 11) is -1.88. The Balaban J connectivity index is 1.07. The molecule has 6 rings (SSSR count). The van der Waals surface area contributed by atoms with E-state index in [0.29, 0.717) is 12.3 Å². The van der Waals surface area contributed by atoms with E-state index < -0.39 is 15.3 Å². The van der Waals surface area contributed by atoms with Crippen molar-refractivity contribution in [2.24, 2.45) is 24.8 Å². The van der Waals surface area contributed by atoms with Gasteiger partial charge in [-0.1, -0.05) is 37.3 Å². The molecule has 1 aliphatic carbocycles. The van der Waals surface area contributed by atoms with Crippen LogP contribution in [0.3, 0.4) is 0 Å². The number of aryl methyl sites for hydroxylation is 1. The average molecular weight is 630 g/mol. The molecule has 0 amide bonds. The Morgan fingerprint density at radius 1 is 1.02 bits per heavy atom. The van der Waals surface area contributed by atoms with E-state index in [4.69, 9.17) is 4.74 Å². The van der Waals surface area contributed by atoms with Gasteiger partial charge in [-0.3, -0.25) is 9.48 Å². The highest BCUT2D eigenvalue weighted by atomic mass is 32.2. The van der Waals surface area contributed by atoms with Gasteiger partial charge >= 0.3 is 5.97 Å². The van der Waals surface area contributed by atoms with Crippen LogP contribution < -0.4 is 4.90 Å². The van der Waals surface area contributed by atoms with Gasteiger partial charge in [-0.15, -0.1) is 0 Å². The largest absolute Gasteiger partial charge is 0.462 e. The molecule has 45 heavy (non-hydrogen) atoms. The minimum atomic E-state index is -3.58. The molecule has 3 fully saturated rings. The summed E-state index contributed by atoms with van der Waals surface area (Å²) in [5.74, 6) is 0.569. The highest BCUT2D eigenvalue weighted by molar-refractivity contribution is 7.91. The molecule has 2 saturated heterocycles. The summed E-state index contributed by atoms with van der Waals surface area (Å²) < 4.78 is 33.2. The van der Waals surface area contributed by atoms with Crippen molar-refractivity contribution in [2.45, 2.75) is 66.8 Å². The fraction of sp³-hybridized carbons (Fsp3) is 0.514. The van der Waals surface area contributed by atoms with Crippen molar-refractivity contribution in [3.05, 3.63) is 72.6 Å². The number of piperidine rings is 1. The second kappa shape index (κ2) is 13.0. The number of rotatable bonds is 10. The molecule has 1 saturated carbocycles. The zero-order valence-corrected chi connectivity index (χ0v) is 27.0. The maximum absolute atomic E-state index is 12.9. The van der Waals surface area contributed by atoms with Gasteiger partial charge in [-0.2, -0.15) is 10.4 Å². The third-order valence-corrected chi connectivity index (χ3v) is 12.0. The summed E-state index contributed by atoms with van der Waals surface area (Å²) >= 11 is 0. The first-order valence-electron chi connectivity index (χ1n) is 16.2. The summed E-state index contributed by atoms with van der Waals surface area (Å²) in [6.45, 7) is 6.61. The van der Waals surface area contributed by atoms with Gasteiger partial charge in [-0.25, -0.2) is 8.42 Å². The zero-order chi connectivity index (χ0) is 31.6. The number of likely N-dealkylation sites (tertiary alicyclic amines) is 1. The number of hydrogen-bond donors (Lipinski definition) is 0. The van der Waals surface area contributed by atoms with Gasteiger partial charge < -0.3 is 14.5 Å². The molecule has 1 unspecified atom stereocenters. The summed E-state index contributed by atoms with van der Waals surface area (Å²) in [5, 5.41) is 14.9. The molecule has 3 aliphatic rings. The normalized spacial score (nSPS) is 22.8. The van der Waals surface area contributed by atoms with Crippen molar-refractivity contribution in [3.63, 3.8) is 0 Å². The second-order valence-corrected chi connectivity index (χ2v) is 14.9. The van der Waals surface area contributed by atoms with Crippen LogP contribution in [0.1, 0.15) is 51.0 Å². The molecular weight excluding hydrogens is 586 g/mol. The van der Waals surface area contributed by atoms with E-state index in [-0.39, 0.29) is 33.7 Å². The Morgan fingerprint density at radius 2 is 1.73 bits per heavy atom. The Labute approximate surface area is 266 Å². The van der Waals surface area contributed by atoms with Crippen LogP contribution in [0.25, 0.3) is 0 Å². The zero-order valence-electron chi connectivity index (χ0n) is 26.2. The SMILES string of the molecule is CCC(=O)O[C@@H]1CCC[C@H]1C(C#N)(c1ccccc1)C1CCN(CC2CN(c3ccc(S(=O)(=O)c4cnn(C)c4)cc3)C2)CC1. The van der Waals surface area contributed by atoms with E-state index in [2.05, 4.69) is 33.1 Å². The lowest BCUT2D eigenvalue weighted by Crippen LogP contribution is -2.54. The monoisotopic (exact) mass is 629 g/mol. The third-order valence-electron chi connectivity index (χ3n) is 10.3. The first-order valence-corrected chi connectivity index (χ1v) is 17.7. The molecule has 0 spiro atoms. The average Bonchev–Trinajstić information content (AvgIpc) is 3.70. The lowest BCUT2D eigenvalue weighted by molar-refractivity contribution is -0.151. The predicted molar refractivity (Wildman–Crippen MR) is 171 cm³/mol. The highest BCUT2D eigenvalue weighted by Gasteiger charge is 2.53. The number of anilines is 1. The van der Waals surface area contributed by atoms with Crippen molar-refractivity contribution >= 4 is 21.5 Å². The summed E-state index contributed by atoms with van der Waals surface area (Å²) in [5.41, 5.74) is 1.42. The van der Waals surface area contributed by atoms with Gasteiger partial charge in [-0.05, 0) is 80.9 Å². The molecule has 2 aliphatic heterocycles. The molecule has 1 aromatic heterocycles. The molecule has 10 heteroatoms. The van der Waals surface area contributed by atoms with Crippen LogP contribution in [-0.2, 0) is 31.8 Å². The molecule has 0 N–H and O–H groups in total. The van der Waals surface area contributed by atoms with Crippen molar-refractivity contribution in [2.75, 3.05) is 37.6 Å². The fourth-order valence-corrected chi connectivity index (χ4v) is 9.13.